The fourth-order valence-electron chi connectivity index (χ4n) is 10.8. The molecule has 2 aromatic heterocycles. The zero-order valence-electron chi connectivity index (χ0n) is 47.6. The number of ether oxygens (including phenoxy) is 3. The normalized spacial score (nSPS) is 23.2. The van der Waals surface area contributed by atoms with E-state index >= 15 is 0 Å². The molecule has 82 heavy (non-hydrogen) atoms. The molecule has 2 fully saturated rings. The number of pyridine rings is 1. The summed E-state index contributed by atoms with van der Waals surface area (Å²) in [6.45, 7) is 11.8. The van der Waals surface area contributed by atoms with Crippen molar-refractivity contribution in [3.05, 3.63) is 107 Å². The molecule has 0 saturated carbocycles. The van der Waals surface area contributed by atoms with E-state index in [1.807, 2.05) is 43.3 Å². The maximum Gasteiger partial charge on any atom is 0.405 e. The molecule has 6 atom stereocenters. The van der Waals surface area contributed by atoms with Crippen molar-refractivity contribution >= 4 is 74.2 Å². The van der Waals surface area contributed by atoms with Crippen LogP contribution in [0.3, 0.4) is 0 Å². The Bertz CT molecular complexity index is 3040. The summed E-state index contributed by atoms with van der Waals surface area (Å²) in [4.78, 5) is 89.4. The number of likely N-dealkylation sites (tertiary alicyclic amines) is 2. The third-order valence-corrected chi connectivity index (χ3v) is 15.4. The molecule has 4 amide bonds. The number of carbonyl (C=O) groups excluding carboxylic acids is 6. The summed E-state index contributed by atoms with van der Waals surface area (Å²) in [5, 5.41) is 37.5. The number of hydrogen-bond donors (Lipinski definition) is 7. The van der Waals surface area contributed by atoms with Gasteiger partial charge in [-0.1, -0.05) is 43.4 Å². The number of anilines is 3. The molecule has 0 spiro atoms. The number of allylic oxidation sites excluding steroid dienone is 4. The SMILES string of the molecule is COC1C[C@H](C)CC2=C(NCc3cn(CCCNc4c5ccc(NC(=O)CCN6CCCC6)cc5nc5cc(NC(=O)CCN6CCCC6)ccc45)nn3)C(=O)C=C(NC(=O)/C(C)=C\C=C[C@H](OC)C(OC(N)=O)C=C[C@H](C)[C@@H]1O)C2=O. The van der Waals surface area contributed by atoms with Gasteiger partial charge in [0.2, 0.25) is 23.4 Å². The Balaban J connectivity index is 0.951. The number of nitrogens with one attached hydrogen (secondary N) is 5. The molecule has 22 nitrogen and oxygen atoms in total. The number of aliphatic hydroxyl groups excluding tert-OH is 1. The van der Waals surface area contributed by atoms with Gasteiger partial charge >= 0.3 is 6.09 Å². The molecule has 4 aromatic rings. The quantitative estimate of drug-likeness (QED) is 0.0253. The average Bonchev–Trinajstić information content (AvgIpc) is 3.57. The lowest BCUT2D eigenvalue weighted by molar-refractivity contribution is -0.120. The first-order valence-corrected chi connectivity index (χ1v) is 28.4. The van der Waals surface area contributed by atoms with Gasteiger partial charge in [-0.2, -0.15) is 0 Å². The van der Waals surface area contributed by atoms with Crippen molar-refractivity contribution in [2.24, 2.45) is 17.6 Å². The van der Waals surface area contributed by atoms with Crippen LogP contribution in [0.1, 0.15) is 84.3 Å². The van der Waals surface area contributed by atoms with Gasteiger partial charge in [-0.15, -0.1) is 5.10 Å². The molecule has 5 heterocycles. The van der Waals surface area contributed by atoms with Crippen molar-refractivity contribution in [2.45, 2.75) is 116 Å². The van der Waals surface area contributed by atoms with Crippen molar-refractivity contribution in [1.29, 1.82) is 0 Å². The zero-order valence-corrected chi connectivity index (χ0v) is 47.6. The number of fused-ring (bicyclic) bond motifs is 4. The smallest absolute Gasteiger partial charge is 0.405 e. The van der Waals surface area contributed by atoms with Crippen LogP contribution in [0.5, 0.6) is 0 Å². The molecule has 2 bridgehead atoms. The fourth-order valence-corrected chi connectivity index (χ4v) is 10.8. The minimum absolute atomic E-state index is 0.0527. The van der Waals surface area contributed by atoms with Gasteiger partial charge in [-0.3, -0.25) is 28.7 Å². The molecular weight excluding hydrogens is 1050 g/mol. The second-order valence-electron chi connectivity index (χ2n) is 21.7. The van der Waals surface area contributed by atoms with Gasteiger partial charge in [-0.25, -0.2) is 9.78 Å². The third-order valence-electron chi connectivity index (χ3n) is 15.4. The number of aliphatic hydroxyl groups is 1. The van der Waals surface area contributed by atoms with Crippen LogP contribution in [-0.2, 0) is 51.3 Å². The average molecular weight is 1130 g/mol. The number of Topliss-reactive ketones (excluding diaryl/α,β-unsaturated/α-hetero) is 1. The Labute approximate surface area is 478 Å². The second-order valence-corrected chi connectivity index (χ2v) is 21.7. The molecule has 2 saturated heterocycles. The van der Waals surface area contributed by atoms with Crippen molar-refractivity contribution in [1.82, 2.24) is 40.4 Å². The van der Waals surface area contributed by atoms with E-state index in [1.54, 1.807) is 36.0 Å². The second kappa shape index (κ2) is 28.9. The van der Waals surface area contributed by atoms with Crippen molar-refractivity contribution in [2.75, 3.05) is 76.0 Å². The molecule has 3 aliphatic heterocycles. The van der Waals surface area contributed by atoms with E-state index in [4.69, 9.17) is 24.9 Å². The maximum atomic E-state index is 14.3. The highest BCUT2D eigenvalue weighted by molar-refractivity contribution is 6.23. The van der Waals surface area contributed by atoms with E-state index in [2.05, 4.69) is 46.7 Å². The summed E-state index contributed by atoms with van der Waals surface area (Å²) in [6, 6.07) is 11.5. The number of primary amides is 1. The number of nitrogens with zero attached hydrogens (tertiary/aromatic N) is 6. The first-order valence-electron chi connectivity index (χ1n) is 28.4. The van der Waals surface area contributed by atoms with Gasteiger partial charge in [0.1, 0.15) is 11.8 Å². The Hall–Kier alpha value is -7.63. The van der Waals surface area contributed by atoms with Crippen LogP contribution in [0, 0.1) is 11.8 Å². The van der Waals surface area contributed by atoms with Gasteiger partial charge in [-0.05, 0) is 126 Å². The first-order chi connectivity index (χ1) is 39.5. The number of rotatable bonds is 19. The van der Waals surface area contributed by atoms with Gasteiger partial charge in [0.25, 0.3) is 5.91 Å². The van der Waals surface area contributed by atoms with E-state index in [1.165, 1.54) is 33.3 Å². The molecule has 22 heteroatoms. The zero-order chi connectivity index (χ0) is 58.3. The highest BCUT2D eigenvalue weighted by Gasteiger charge is 2.33. The number of aromatic nitrogens is 4. The van der Waals surface area contributed by atoms with Crippen LogP contribution in [0.2, 0.25) is 0 Å². The monoisotopic (exact) mass is 1130 g/mol. The highest BCUT2D eigenvalue weighted by Crippen LogP contribution is 2.34. The summed E-state index contributed by atoms with van der Waals surface area (Å²) in [6.07, 6.45) is 12.6. The van der Waals surface area contributed by atoms with Gasteiger partial charge in [0.15, 0.2) is 6.10 Å². The van der Waals surface area contributed by atoms with E-state index in [0.29, 0.717) is 60.5 Å². The Morgan fingerprint density at radius 1 is 0.817 bits per heavy atom. The van der Waals surface area contributed by atoms with E-state index in [0.717, 1.165) is 87.5 Å². The molecule has 4 aliphatic rings. The fraction of sp³-hybridized carbons (Fsp3) is 0.483. The number of aryl methyl sites for hydroxylation is 1. The van der Waals surface area contributed by atoms with Crippen LogP contribution >= 0.6 is 0 Å². The molecule has 8 N–H and O–H groups in total. The van der Waals surface area contributed by atoms with E-state index in [9.17, 15) is 33.9 Å². The van der Waals surface area contributed by atoms with Crippen molar-refractivity contribution in [3.63, 3.8) is 0 Å². The lowest BCUT2D eigenvalue weighted by atomic mass is 9.85. The summed E-state index contributed by atoms with van der Waals surface area (Å²) >= 11 is 0. The number of carbonyl (C=O) groups is 6. The van der Waals surface area contributed by atoms with Crippen LogP contribution in [-0.4, -0.2) is 155 Å². The summed E-state index contributed by atoms with van der Waals surface area (Å²) < 4.78 is 18.4. The topological polar surface area (TPSA) is 287 Å². The Morgan fingerprint density at radius 3 is 2.05 bits per heavy atom. The van der Waals surface area contributed by atoms with Crippen LogP contribution in [0.4, 0.5) is 21.9 Å². The standard InChI is InChI=1S/C60H78N12O10/c1-37-30-45-56(49(73)34-48(58(45)77)67-59(78)39(3)12-10-13-50(80-4)51(82-60(61)79)19-14-38(2)57(76)52(31-37)81-5)63-35-42-36-72(69-68-42)27-11-22-62-55-43-17-15-40(64-53(74)20-28-70-23-6-7-24-70)32-46(43)66-47-33-41(16-18-44(47)55)65-54(75)21-29-71-25-8-9-26-71/h10,12-19,32-34,36-38,50-52,57,63,76H,6-9,11,20-31,35H2,1-5H3,(H2,61,79)(H,62,66)(H,64,74)(H,65,75)(H,67,78)/b13-10?,19-14?,39-12-/t37-,38+,50+,51?,52?,57+/m1/s1. The molecule has 8 rings (SSSR count). The molecule has 0 radical (unpaired) electrons. The number of hydrogen-bond acceptors (Lipinski definition) is 17. The predicted molar refractivity (Wildman–Crippen MR) is 312 cm³/mol. The lowest BCUT2D eigenvalue weighted by Gasteiger charge is -2.29. The number of benzene rings is 2. The van der Waals surface area contributed by atoms with Crippen molar-refractivity contribution in [3.8, 4) is 0 Å². The molecule has 2 aromatic carbocycles. The summed E-state index contributed by atoms with van der Waals surface area (Å²) in [5.41, 5.74) is 9.63. The van der Waals surface area contributed by atoms with Crippen LogP contribution in [0.15, 0.2) is 102 Å². The van der Waals surface area contributed by atoms with Crippen molar-refractivity contribution < 1.29 is 48.1 Å². The van der Waals surface area contributed by atoms with Gasteiger partial charge in [0.05, 0.1) is 53.1 Å². The number of ketones is 2. The lowest BCUT2D eigenvalue weighted by Crippen LogP contribution is -2.37. The predicted octanol–water partition coefficient (Wildman–Crippen LogP) is 5.81. The third kappa shape index (κ3) is 16.3. The summed E-state index contributed by atoms with van der Waals surface area (Å²) in [5.74, 6) is -2.62. The first kappa shape index (κ1) is 60.5. The number of nitrogens with two attached hydrogens (primary N) is 1. The molecule has 2 unspecified atom stereocenters. The number of amides is 4. The molecular formula is C60H78N12O10. The van der Waals surface area contributed by atoms with Gasteiger partial charge < -0.3 is 61.4 Å². The van der Waals surface area contributed by atoms with Crippen LogP contribution in [0.25, 0.3) is 21.8 Å². The highest BCUT2D eigenvalue weighted by atomic mass is 16.6. The number of methoxy groups -OCH3 is 2. The summed E-state index contributed by atoms with van der Waals surface area (Å²) in [7, 11) is 2.89. The maximum absolute atomic E-state index is 14.3. The van der Waals surface area contributed by atoms with Gasteiger partial charge in [0, 0.05) is 98.5 Å². The molecule has 1 aliphatic carbocycles. The molecule has 438 valence electrons. The van der Waals surface area contributed by atoms with E-state index in [-0.39, 0.29) is 59.7 Å². The Morgan fingerprint density at radius 2 is 1.45 bits per heavy atom. The minimum atomic E-state index is -1.03. The van der Waals surface area contributed by atoms with E-state index < -0.39 is 53.9 Å². The largest absolute Gasteiger partial charge is 0.439 e. The van der Waals surface area contributed by atoms with Crippen LogP contribution < -0.4 is 32.3 Å². The minimum Gasteiger partial charge on any atom is -0.439 e. The Kier molecular flexibility index (Phi) is 21.3.